The maximum atomic E-state index is 4.00. The molecule has 26 heavy (non-hydrogen) atoms. The highest BCUT2D eigenvalue weighted by Gasteiger charge is 2.33. The summed E-state index contributed by atoms with van der Waals surface area (Å²) in [7, 11) is 0. The molecule has 2 nitrogen and oxygen atoms in total. The molecule has 0 saturated carbocycles. The first kappa shape index (κ1) is 16.9. The molecule has 4 rings (SSSR count). The topological polar surface area (TPSA) is 7.12 Å². The zero-order valence-corrected chi connectivity index (χ0v) is 15.8. The van der Waals surface area contributed by atoms with Crippen LogP contribution in [0, 0.1) is 0 Å². The second kappa shape index (κ2) is 7.38. The maximum absolute atomic E-state index is 4.00. The Morgan fingerprint density at radius 3 is 2.88 bits per heavy atom. The molecule has 2 heterocycles. The van der Waals surface area contributed by atoms with E-state index in [-0.39, 0.29) is 0 Å². The average Bonchev–Trinajstić information content (AvgIpc) is 3.05. The summed E-state index contributed by atoms with van der Waals surface area (Å²) in [5, 5.41) is 3.00. The molecule has 1 saturated heterocycles. The van der Waals surface area contributed by atoms with Crippen molar-refractivity contribution in [1.29, 1.82) is 0 Å². The van der Waals surface area contributed by atoms with E-state index in [1.165, 1.54) is 21.5 Å². The number of fused-ring (bicyclic) bond motifs is 2. The van der Waals surface area contributed by atoms with Crippen LogP contribution < -0.4 is 4.57 Å². The molecule has 1 aromatic heterocycles. The Hall–Kier alpha value is -2.52. The summed E-state index contributed by atoms with van der Waals surface area (Å²) in [6.45, 7) is 7.15. The van der Waals surface area contributed by atoms with Crippen LogP contribution in [0.3, 0.4) is 0 Å². The van der Waals surface area contributed by atoms with E-state index in [0.717, 1.165) is 6.54 Å². The minimum atomic E-state index is 0.378. The highest BCUT2D eigenvalue weighted by Crippen LogP contribution is 2.41. The summed E-state index contributed by atoms with van der Waals surface area (Å²) in [6.07, 6.45) is 19.4. The highest BCUT2D eigenvalue weighted by atomic mass is 32.2. The molecule has 2 unspecified atom stereocenters. The lowest BCUT2D eigenvalue weighted by molar-refractivity contribution is -0.667. The molecule has 2 aliphatic rings. The summed E-state index contributed by atoms with van der Waals surface area (Å²) in [5.41, 5.74) is 2.52. The fraction of sp³-hybridized carbons (Fsp3) is 0.174. The lowest BCUT2D eigenvalue weighted by atomic mass is 10.1. The average molecular weight is 360 g/mol. The van der Waals surface area contributed by atoms with Crippen molar-refractivity contribution in [1.82, 2.24) is 4.90 Å². The molecule has 0 spiro atoms. The largest absolute Gasteiger partial charge is 0.335 e. The van der Waals surface area contributed by atoms with Gasteiger partial charge in [-0.3, -0.25) is 0 Å². The van der Waals surface area contributed by atoms with E-state index in [2.05, 4.69) is 102 Å². The van der Waals surface area contributed by atoms with Crippen LogP contribution >= 0.6 is 11.8 Å². The van der Waals surface area contributed by atoms with E-state index in [1.807, 2.05) is 18.0 Å². The van der Waals surface area contributed by atoms with E-state index in [0.29, 0.717) is 11.3 Å². The summed E-state index contributed by atoms with van der Waals surface area (Å²) in [6, 6.07) is 11.2. The third-order valence-electron chi connectivity index (χ3n) is 4.90. The summed E-state index contributed by atoms with van der Waals surface area (Å²) in [5.74, 6) is 0. The van der Waals surface area contributed by atoms with Crippen molar-refractivity contribution in [2.75, 3.05) is 0 Å². The molecule has 1 aliphatic heterocycles. The van der Waals surface area contributed by atoms with Crippen LogP contribution in [-0.4, -0.2) is 16.2 Å². The van der Waals surface area contributed by atoms with Gasteiger partial charge in [-0.15, -0.1) is 0 Å². The van der Waals surface area contributed by atoms with Crippen LogP contribution in [0.5, 0.6) is 0 Å². The van der Waals surface area contributed by atoms with Crippen LogP contribution in [0.1, 0.15) is 12.5 Å². The molecule has 3 heteroatoms. The van der Waals surface area contributed by atoms with Crippen molar-refractivity contribution >= 4 is 28.7 Å². The predicted octanol–water partition coefficient (Wildman–Crippen LogP) is 5.06. The van der Waals surface area contributed by atoms with Crippen molar-refractivity contribution in [3.63, 3.8) is 0 Å². The van der Waals surface area contributed by atoms with Crippen molar-refractivity contribution in [2.24, 2.45) is 0 Å². The number of aromatic nitrogens is 1. The number of allylic oxidation sites excluding steroid dienone is 4. The summed E-state index contributed by atoms with van der Waals surface area (Å²) >= 11 is 1.89. The number of hydrogen-bond acceptors (Lipinski definition) is 2. The van der Waals surface area contributed by atoms with E-state index in [4.69, 9.17) is 0 Å². The number of benzene rings is 1. The van der Waals surface area contributed by atoms with Crippen molar-refractivity contribution in [3.05, 3.63) is 96.4 Å². The fourth-order valence-corrected chi connectivity index (χ4v) is 4.87. The molecule has 1 fully saturated rings. The third kappa shape index (κ3) is 3.04. The molecular weight excluding hydrogens is 336 g/mol. The minimum absolute atomic E-state index is 0.378. The molecule has 1 aliphatic carbocycles. The maximum Gasteiger partial charge on any atom is 0.213 e. The number of nitrogens with zero attached hydrogens (tertiary/aromatic N) is 2. The molecule has 1 aromatic carbocycles. The molecule has 2 aromatic rings. The Bertz CT molecular complexity index is 952. The smallest absolute Gasteiger partial charge is 0.213 e. The normalized spacial score (nSPS) is 23.3. The van der Waals surface area contributed by atoms with Crippen molar-refractivity contribution < 1.29 is 4.57 Å². The van der Waals surface area contributed by atoms with Gasteiger partial charge in [-0.25, -0.2) is 0 Å². The van der Waals surface area contributed by atoms with Gasteiger partial charge in [0.2, 0.25) is 5.52 Å². The molecule has 0 N–H and O–H groups in total. The lowest BCUT2D eigenvalue weighted by Gasteiger charge is -2.22. The molecule has 130 valence electrons. The van der Waals surface area contributed by atoms with Gasteiger partial charge in [0.05, 0.1) is 21.7 Å². The molecule has 2 atom stereocenters. The van der Waals surface area contributed by atoms with Crippen LogP contribution in [-0.2, 0) is 6.54 Å². The first-order valence-electron chi connectivity index (χ1n) is 9.04. The monoisotopic (exact) mass is 359 g/mol. The first-order valence-corrected chi connectivity index (χ1v) is 9.92. The molecule has 0 amide bonds. The van der Waals surface area contributed by atoms with Gasteiger partial charge in [-0.2, -0.15) is 4.57 Å². The lowest BCUT2D eigenvalue weighted by Crippen LogP contribution is -2.32. The fourth-order valence-electron chi connectivity index (χ4n) is 3.58. The van der Waals surface area contributed by atoms with Crippen LogP contribution in [0.4, 0.5) is 0 Å². The van der Waals surface area contributed by atoms with Crippen molar-refractivity contribution in [2.45, 2.75) is 24.8 Å². The van der Waals surface area contributed by atoms with Gasteiger partial charge in [0.1, 0.15) is 6.54 Å². The number of rotatable bonds is 4. The molecular formula is C23H23N2S+. The molecule has 0 radical (unpaired) electrons. The predicted molar refractivity (Wildman–Crippen MR) is 112 cm³/mol. The van der Waals surface area contributed by atoms with Crippen LogP contribution in [0.2, 0.25) is 0 Å². The van der Waals surface area contributed by atoms with Crippen LogP contribution in [0.25, 0.3) is 17.0 Å². The SMILES string of the molecule is C=CN1C(=CC=Cc2cc[n+](CC)c3ccccc23)SC2C=CC=CC21. The van der Waals surface area contributed by atoms with E-state index in [9.17, 15) is 0 Å². The Morgan fingerprint density at radius 1 is 1.19 bits per heavy atom. The number of pyridine rings is 1. The third-order valence-corrected chi connectivity index (χ3v) is 6.20. The van der Waals surface area contributed by atoms with E-state index >= 15 is 0 Å². The second-order valence-corrected chi connectivity index (χ2v) is 7.57. The minimum Gasteiger partial charge on any atom is -0.335 e. The van der Waals surface area contributed by atoms with Crippen molar-refractivity contribution in [3.8, 4) is 0 Å². The van der Waals surface area contributed by atoms with Gasteiger partial charge in [0, 0.05) is 12.1 Å². The van der Waals surface area contributed by atoms with Gasteiger partial charge >= 0.3 is 0 Å². The summed E-state index contributed by atoms with van der Waals surface area (Å²) in [4.78, 5) is 2.26. The highest BCUT2D eigenvalue weighted by molar-refractivity contribution is 8.04. The number of thioether (sulfide) groups is 1. The van der Waals surface area contributed by atoms with Gasteiger partial charge in [-0.1, -0.05) is 66.9 Å². The zero-order valence-electron chi connectivity index (χ0n) is 15.0. The van der Waals surface area contributed by atoms with Gasteiger partial charge in [0.15, 0.2) is 6.20 Å². The van der Waals surface area contributed by atoms with Gasteiger partial charge in [0.25, 0.3) is 0 Å². The standard InChI is InChI=1S/C23H23N2S/c1-3-24-17-16-18(19-11-5-6-12-20(19)24)10-9-15-23-25(4-2)21-13-7-8-14-22(21)26-23/h4-17,21-22H,2-3H2,1H3/q+1. The Balaban J connectivity index is 1.64. The number of para-hydroxylation sites is 1. The quantitative estimate of drug-likeness (QED) is 0.705. The summed E-state index contributed by atoms with van der Waals surface area (Å²) < 4.78 is 2.28. The van der Waals surface area contributed by atoms with Gasteiger partial charge < -0.3 is 4.90 Å². The number of hydrogen-bond donors (Lipinski definition) is 0. The Kier molecular flexibility index (Phi) is 4.81. The van der Waals surface area contributed by atoms with Crippen LogP contribution in [0.15, 0.2) is 90.8 Å². The first-order chi connectivity index (χ1) is 12.8. The Morgan fingerprint density at radius 2 is 2.04 bits per heavy atom. The second-order valence-electron chi connectivity index (χ2n) is 6.37. The van der Waals surface area contributed by atoms with E-state index in [1.54, 1.807) is 0 Å². The Labute approximate surface area is 159 Å². The number of aryl methyl sites for hydroxylation is 1. The van der Waals surface area contributed by atoms with E-state index < -0.39 is 0 Å². The molecule has 0 bridgehead atoms. The zero-order chi connectivity index (χ0) is 17.9. The van der Waals surface area contributed by atoms with Gasteiger partial charge in [-0.05, 0) is 30.8 Å².